The second-order valence-corrected chi connectivity index (χ2v) is 4.16. The van der Waals surface area contributed by atoms with E-state index in [0.29, 0.717) is 19.5 Å². The molecule has 1 aromatic carbocycles. The molecule has 1 unspecified atom stereocenters. The molecule has 5 nitrogen and oxygen atoms in total. The van der Waals surface area contributed by atoms with Crippen LogP contribution in [-0.4, -0.2) is 30.1 Å². The van der Waals surface area contributed by atoms with Crippen LogP contribution in [0.1, 0.15) is 16.8 Å². The molecular formula is C12H14N2O3. The first-order valence-corrected chi connectivity index (χ1v) is 5.45. The van der Waals surface area contributed by atoms with Crippen molar-refractivity contribution in [2.45, 2.75) is 6.42 Å². The Morgan fingerprint density at radius 2 is 2.06 bits per heavy atom. The highest BCUT2D eigenvalue weighted by Crippen LogP contribution is 2.24. The van der Waals surface area contributed by atoms with Gasteiger partial charge in [-0.1, -0.05) is 0 Å². The van der Waals surface area contributed by atoms with E-state index in [1.54, 1.807) is 17.0 Å². The Morgan fingerprint density at radius 1 is 1.41 bits per heavy atom. The summed E-state index contributed by atoms with van der Waals surface area (Å²) >= 11 is 0. The van der Waals surface area contributed by atoms with Crippen molar-refractivity contribution >= 4 is 17.6 Å². The minimum atomic E-state index is -0.968. The molecule has 1 fully saturated rings. The number of carbonyl (C=O) groups is 2. The number of carboxylic acid groups (broad SMARTS) is 1. The Morgan fingerprint density at radius 3 is 2.53 bits per heavy atom. The van der Waals surface area contributed by atoms with E-state index in [1.165, 1.54) is 12.1 Å². The van der Waals surface area contributed by atoms with Crippen molar-refractivity contribution in [3.8, 4) is 0 Å². The fourth-order valence-electron chi connectivity index (χ4n) is 1.97. The number of carboxylic acids is 1. The second kappa shape index (κ2) is 4.55. The molecular weight excluding hydrogens is 220 g/mol. The van der Waals surface area contributed by atoms with E-state index in [9.17, 15) is 9.59 Å². The van der Waals surface area contributed by atoms with E-state index in [4.69, 9.17) is 10.8 Å². The van der Waals surface area contributed by atoms with Crippen molar-refractivity contribution in [3.63, 3.8) is 0 Å². The monoisotopic (exact) mass is 234 g/mol. The first kappa shape index (κ1) is 11.6. The van der Waals surface area contributed by atoms with Gasteiger partial charge in [0.05, 0.1) is 5.56 Å². The Kier molecular flexibility index (Phi) is 3.10. The van der Waals surface area contributed by atoms with Crippen LogP contribution < -0.4 is 10.6 Å². The van der Waals surface area contributed by atoms with Gasteiger partial charge >= 0.3 is 5.97 Å². The molecule has 0 bridgehead atoms. The Bertz CT molecular complexity index is 442. The number of nitrogens with zero attached hydrogens (tertiary/aromatic N) is 1. The molecule has 90 valence electrons. The predicted octanol–water partition coefficient (Wildman–Crippen LogP) is 0.696. The third kappa shape index (κ3) is 2.29. The maximum Gasteiger partial charge on any atom is 0.335 e. The van der Waals surface area contributed by atoms with Crippen LogP contribution >= 0.6 is 0 Å². The van der Waals surface area contributed by atoms with Crippen LogP contribution in [0.4, 0.5) is 5.69 Å². The third-order valence-electron chi connectivity index (χ3n) is 2.96. The zero-order valence-corrected chi connectivity index (χ0v) is 9.30. The minimum absolute atomic E-state index is 0.0449. The molecule has 0 aliphatic carbocycles. The molecule has 0 radical (unpaired) electrons. The molecule has 1 saturated heterocycles. The summed E-state index contributed by atoms with van der Waals surface area (Å²) in [4.78, 5) is 24.1. The van der Waals surface area contributed by atoms with Gasteiger partial charge in [-0.2, -0.15) is 0 Å². The molecule has 3 N–H and O–H groups in total. The van der Waals surface area contributed by atoms with Gasteiger partial charge in [-0.15, -0.1) is 0 Å². The lowest BCUT2D eigenvalue weighted by Crippen LogP contribution is -2.25. The molecule has 17 heavy (non-hydrogen) atoms. The van der Waals surface area contributed by atoms with Crippen LogP contribution in [0.25, 0.3) is 0 Å². The minimum Gasteiger partial charge on any atom is -0.478 e. The fourth-order valence-corrected chi connectivity index (χ4v) is 1.97. The summed E-state index contributed by atoms with van der Waals surface area (Å²) in [5, 5.41) is 8.78. The largest absolute Gasteiger partial charge is 0.478 e. The summed E-state index contributed by atoms with van der Waals surface area (Å²) in [6, 6.07) is 6.31. The molecule has 1 aliphatic heterocycles. The molecule has 2 rings (SSSR count). The lowest BCUT2D eigenvalue weighted by Gasteiger charge is -2.16. The number of nitrogens with two attached hydrogens (primary N) is 1. The molecule has 1 heterocycles. The van der Waals surface area contributed by atoms with Gasteiger partial charge in [0.25, 0.3) is 0 Å². The molecule has 5 heteroatoms. The summed E-state index contributed by atoms with van der Waals surface area (Å²) in [5.74, 6) is -0.727. The van der Waals surface area contributed by atoms with E-state index in [1.807, 2.05) is 0 Å². The van der Waals surface area contributed by atoms with Gasteiger partial charge in [-0.25, -0.2) is 4.79 Å². The summed E-state index contributed by atoms with van der Waals surface area (Å²) in [6.45, 7) is 1.11. The Balaban J connectivity index is 2.18. The highest BCUT2D eigenvalue weighted by Gasteiger charge is 2.29. The Labute approximate surface area is 98.8 Å². The number of aromatic carboxylic acids is 1. The van der Waals surface area contributed by atoms with E-state index < -0.39 is 5.97 Å². The highest BCUT2D eigenvalue weighted by atomic mass is 16.4. The number of amides is 1. The number of hydrogen-bond donors (Lipinski definition) is 2. The van der Waals surface area contributed by atoms with Crippen molar-refractivity contribution in [2.24, 2.45) is 11.7 Å². The highest BCUT2D eigenvalue weighted by molar-refractivity contribution is 5.96. The number of benzene rings is 1. The predicted molar refractivity (Wildman–Crippen MR) is 62.9 cm³/mol. The zero-order valence-electron chi connectivity index (χ0n) is 9.30. The maximum absolute atomic E-state index is 11.7. The summed E-state index contributed by atoms with van der Waals surface area (Å²) < 4.78 is 0. The van der Waals surface area contributed by atoms with Crippen LogP contribution in [0, 0.1) is 5.92 Å². The van der Waals surface area contributed by atoms with Crippen molar-refractivity contribution < 1.29 is 14.7 Å². The van der Waals surface area contributed by atoms with E-state index >= 15 is 0 Å². The number of anilines is 1. The lowest BCUT2D eigenvalue weighted by molar-refractivity contribution is -0.117. The topological polar surface area (TPSA) is 83.6 Å². The van der Waals surface area contributed by atoms with Crippen LogP contribution in [-0.2, 0) is 4.79 Å². The quantitative estimate of drug-likeness (QED) is 0.806. The average molecular weight is 234 g/mol. The van der Waals surface area contributed by atoms with Crippen LogP contribution in [0.2, 0.25) is 0 Å². The van der Waals surface area contributed by atoms with Crippen LogP contribution in [0.5, 0.6) is 0 Å². The van der Waals surface area contributed by atoms with E-state index in [-0.39, 0.29) is 17.4 Å². The Hall–Kier alpha value is -1.88. The van der Waals surface area contributed by atoms with E-state index in [2.05, 4.69) is 0 Å². The van der Waals surface area contributed by atoms with Crippen molar-refractivity contribution in [1.29, 1.82) is 0 Å². The molecule has 1 aliphatic rings. The van der Waals surface area contributed by atoms with Gasteiger partial charge < -0.3 is 15.7 Å². The molecule has 0 saturated carbocycles. The maximum atomic E-state index is 11.7. The molecule has 0 aromatic heterocycles. The number of carbonyl (C=O) groups excluding carboxylic acids is 1. The van der Waals surface area contributed by atoms with Gasteiger partial charge in [0.1, 0.15) is 0 Å². The first-order chi connectivity index (χ1) is 8.11. The standard InChI is InChI=1S/C12H14N2O3/c13-6-8-5-11(15)14(7-8)10-3-1-9(2-4-10)12(16)17/h1-4,8H,5-7,13H2,(H,16,17). The SMILES string of the molecule is NCC1CC(=O)N(c2ccc(C(=O)O)cc2)C1. The van der Waals surface area contributed by atoms with Gasteiger partial charge in [0, 0.05) is 18.7 Å². The molecule has 1 atom stereocenters. The number of rotatable bonds is 3. The first-order valence-electron chi connectivity index (χ1n) is 5.45. The van der Waals surface area contributed by atoms with Gasteiger partial charge in [-0.05, 0) is 36.7 Å². The van der Waals surface area contributed by atoms with E-state index in [0.717, 1.165) is 5.69 Å². The van der Waals surface area contributed by atoms with Crippen LogP contribution in [0.3, 0.4) is 0 Å². The summed E-state index contributed by atoms with van der Waals surface area (Å²) in [6.07, 6.45) is 0.469. The van der Waals surface area contributed by atoms with Crippen molar-refractivity contribution in [3.05, 3.63) is 29.8 Å². The molecule has 1 aromatic rings. The van der Waals surface area contributed by atoms with Crippen molar-refractivity contribution in [2.75, 3.05) is 18.0 Å². The molecule has 1 amide bonds. The second-order valence-electron chi connectivity index (χ2n) is 4.16. The average Bonchev–Trinajstić information content (AvgIpc) is 2.71. The molecule has 0 spiro atoms. The van der Waals surface area contributed by atoms with Gasteiger partial charge in [0.15, 0.2) is 0 Å². The smallest absolute Gasteiger partial charge is 0.335 e. The summed E-state index contributed by atoms with van der Waals surface area (Å²) in [5.41, 5.74) is 6.49. The zero-order chi connectivity index (χ0) is 12.4. The van der Waals surface area contributed by atoms with Gasteiger partial charge in [-0.3, -0.25) is 4.79 Å². The van der Waals surface area contributed by atoms with Crippen molar-refractivity contribution in [1.82, 2.24) is 0 Å². The van der Waals surface area contributed by atoms with Gasteiger partial charge in [0.2, 0.25) is 5.91 Å². The third-order valence-corrected chi connectivity index (χ3v) is 2.96. The van der Waals surface area contributed by atoms with Crippen LogP contribution in [0.15, 0.2) is 24.3 Å². The lowest BCUT2D eigenvalue weighted by atomic mass is 10.1. The number of hydrogen-bond acceptors (Lipinski definition) is 3. The fraction of sp³-hybridized carbons (Fsp3) is 0.333. The summed E-state index contributed by atoms with van der Waals surface area (Å²) in [7, 11) is 0. The normalized spacial score (nSPS) is 19.7.